The summed E-state index contributed by atoms with van der Waals surface area (Å²) in [5, 5.41) is 3.59. The molecule has 1 aromatic carbocycles. The van der Waals surface area contributed by atoms with E-state index in [1.54, 1.807) is 0 Å². The second-order valence-corrected chi connectivity index (χ2v) is 5.23. The van der Waals surface area contributed by atoms with E-state index < -0.39 is 0 Å². The molecule has 0 aromatic heterocycles. The molecule has 1 saturated heterocycles. The minimum absolute atomic E-state index is 0.676. The third kappa shape index (κ3) is 1.59. The van der Waals surface area contributed by atoms with E-state index in [1.807, 2.05) is 0 Å². The molecule has 1 atom stereocenters. The van der Waals surface area contributed by atoms with E-state index in [9.17, 15) is 0 Å². The lowest BCUT2D eigenvalue weighted by Crippen LogP contribution is -2.38. The van der Waals surface area contributed by atoms with Gasteiger partial charge in [-0.2, -0.15) is 0 Å². The van der Waals surface area contributed by atoms with Crippen molar-refractivity contribution in [2.75, 3.05) is 13.1 Å². The molecule has 15 heavy (non-hydrogen) atoms. The van der Waals surface area contributed by atoms with Gasteiger partial charge in [0.2, 0.25) is 0 Å². The molecule has 1 aliphatic heterocycles. The molecule has 1 aliphatic carbocycles. The van der Waals surface area contributed by atoms with Crippen molar-refractivity contribution in [3.63, 3.8) is 0 Å². The fourth-order valence-electron chi connectivity index (χ4n) is 3.26. The number of rotatable bonds is 2. The Morgan fingerprint density at radius 1 is 1.20 bits per heavy atom. The van der Waals surface area contributed by atoms with Crippen LogP contribution >= 0.6 is 0 Å². The van der Waals surface area contributed by atoms with E-state index in [0.717, 1.165) is 5.92 Å². The Labute approximate surface area is 91.9 Å². The van der Waals surface area contributed by atoms with Gasteiger partial charge in [0, 0.05) is 6.54 Å². The molecule has 2 aliphatic rings. The molecule has 3 rings (SSSR count). The maximum absolute atomic E-state index is 3.59. The van der Waals surface area contributed by atoms with Crippen LogP contribution in [0.5, 0.6) is 0 Å². The summed E-state index contributed by atoms with van der Waals surface area (Å²) < 4.78 is 0. The molecule has 0 amide bonds. The van der Waals surface area contributed by atoms with Crippen molar-refractivity contribution in [2.24, 2.45) is 11.3 Å². The van der Waals surface area contributed by atoms with Gasteiger partial charge in [-0.15, -0.1) is 0 Å². The lowest BCUT2D eigenvalue weighted by Gasteiger charge is -2.43. The quantitative estimate of drug-likeness (QED) is 0.775. The van der Waals surface area contributed by atoms with E-state index in [2.05, 4.69) is 35.6 Å². The Morgan fingerprint density at radius 2 is 2.00 bits per heavy atom. The zero-order chi connectivity index (χ0) is 10.1. The smallest absolute Gasteiger partial charge is 0.00112 e. The highest BCUT2D eigenvalue weighted by molar-refractivity contribution is 5.17. The first-order chi connectivity index (χ1) is 7.39. The number of hydrogen-bond donors (Lipinski definition) is 1. The fourth-order valence-corrected chi connectivity index (χ4v) is 3.26. The standard InChI is InChI=1S/C14H19N/c1-2-5-12(6-3-1)9-13-10-15-11-14(13)7-4-8-14/h1-3,5-6,13,15H,4,7-11H2. The van der Waals surface area contributed by atoms with Gasteiger partial charge in [-0.05, 0) is 42.7 Å². The minimum atomic E-state index is 0.676. The SMILES string of the molecule is c1ccc(CC2CNCC23CCC3)cc1. The first-order valence-corrected chi connectivity index (χ1v) is 6.14. The summed E-state index contributed by atoms with van der Waals surface area (Å²) in [4.78, 5) is 0. The van der Waals surface area contributed by atoms with Crippen molar-refractivity contribution in [1.82, 2.24) is 5.32 Å². The van der Waals surface area contributed by atoms with Crippen molar-refractivity contribution in [3.8, 4) is 0 Å². The third-order valence-corrected chi connectivity index (χ3v) is 4.41. The summed E-state index contributed by atoms with van der Waals surface area (Å²) in [6, 6.07) is 11.0. The predicted octanol–water partition coefficient (Wildman–Crippen LogP) is 2.62. The second kappa shape index (κ2) is 3.64. The topological polar surface area (TPSA) is 12.0 Å². The Balaban J connectivity index is 1.73. The molecule has 1 heteroatoms. The molecule has 0 radical (unpaired) electrons. The van der Waals surface area contributed by atoms with Crippen LogP contribution in [0, 0.1) is 11.3 Å². The van der Waals surface area contributed by atoms with E-state index in [4.69, 9.17) is 0 Å². The first-order valence-electron chi connectivity index (χ1n) is 6.14. The van der Waals surface area contributed by atoms with Crippen LogP contribution in [0.2, 0.25) is 0 Å². The van der Waals surface area contributed by atoms with Gasteiger partial charge in [0.1, 0.15) is 0 Å². The Hall–Kier alpha value is -0.820. The van der Waals surface area contributed by atoms with Gasteiger partial charge in [0.25, 0.3) is 0 Å². The van der Waals surface area contributed by atoms with Crippen LogP contribution in [0.4, 0.5) is 0 Å². The van der Waals surface area contributed by atoms with Gasteiger partial charge in [-0.25, -0.2) is 0 Å². The van der Waals surface area contributed by atoms with Crippen molar-refractivity contribution in [1.29, 1.82) is 0 Å². The molecule has 0 bridgehead atoms. The van der Waals surface area contributed by atoms with Crippen molar-refractivity contribution >= 4 is 0 Å². The van der Waals surface area contributed by atoms with Gasteiger partial charge >= 0.3 is 0 Å². The molecule has 1 aromatic rings. The van der Waals surface area contributed by atoms with Gasteiger partial charge in [0.05, 0.1) is 0 Å². The van der Waals surface area contributed by atoms with Gasteiger partial charge < -0.3 is 5.32 Å². The summed E-state index contributed by atoms with van der Waals surface area (Å²) >= 11 is 0. The largest absolute Gasteiger partial charge is 0.316 e. The highest BCUT2D eigenvalue weighted by Gasteiger charge is 2.46. The Morgan fingerprint density at radius 3 is 2.67 bits per heavy atom. The van der Waals surface area contributed by atoms with Gasteiger partial charge in [0.15, 0.2) is 0 Å². The number of hydrogen-bond acceptors (Lipinski definition) is 1. The molecule has 1 spiro atoms. The molecule has 2 fully saturated rings. The predicted molar refractivity (Wildman–Crippen MR) is 62.8 cm³/mol. The minimum Gasteiger partial charge on any atom is -0.316 e. The summed E-state index contributed by atoms with van der Waals surface area (Å²) in [5.41, 5.74) is 2.19. The summed E-state index contributed by atoms with van der Waals surface area (Å²) in [6.07, 6.45) is 5.63. The summed E-state index contributed by atoms with van der Waals surface area (Å²) in [7, 11) is 0. The first kappa shape index (κ1) is 9.41. The average Bonchev–Trinajstić information content (AvgIpc) is 2.62. The fraction of sp³-hybridized carbons (Fsp3) is 0.571. The number of nitrogens with one attached hydrogen (secondary N) is 1. The Kier molecular flexibility index (Phi) is 2.28. The van der Waals surface area contributed by atoms with Crippen LogP contribution in [-0.2, 0) is 6.42 Å². The van der Waals surface area contributed by atoms with Crippen LogP contribution in [-0.4, -0.2) is 13.1 Å². The Bertz CT molecular complexity index is 326. The molecule has 1 N–H and O–H groups in total. The summed E-state index contributed by atoms with van der Waals surface area (Å²) in [6.45, 7) is 2.50. The highest BCUT2D eigenvalue weighted by Crippen LogP contribution is 2.49. The maximum Gasteiger partial charge on any atom is 0.00112 e. The lowest BCUT2D eigenvalue weighted by atomic mass is 9.61. The van der Waals surface area contributed by atoms with Crippen LogP contribution in [0.3, 0.4) is 0 Å². The lowest BCUT2D eigenvalue weighted by molar-refractivity contribution is 0.0979. The van der Waals surface area contributed by atoms with Crippen molar-refractivity contribution < 1.29 is 0 Å². The van der Waals surface area contributed by atoms with E-state index in [0.29, 0.717) is 5.41 Å². The van der Waals surface area contributed by atoms with Crippen LogP contribution in [0.15, 0.2) is 30.3 Å². The second-order valence-electron chi connectivity index (χ2n) is 5.23. The molecular formula is C14H19N. The molecule has 1 unspecified atom stereocenters. The maximum atomic E-state index is 3.59. The zero-order valence-corrected chi connectivity index (χ0v) is 9.21. The van der Waals surface area contributed by atoms with Crippen LogP contribution in [0.1, 0.15) is 24.8 Å². The van der Waals surface area contributed by atoms with Gasteiger partial charge in [-0.3, -0.25) is 0 Å². The zero-order valence-electron chi connectivity index (χ0n) is 9.21. The highest BCUT2D eigenvalue weighted by atomic mass is 14.9. The average molecular weight is 201 g/mol. The third-order valence-electron chi connectivity index (χ3n) is 4.41. The van der Waals surface area contributed by atoms with E-state index in [-0.39, 0.29) is 0 Å². The van der Waals surface area contributed by atoms with Crippen molar-refractivity contribution in [2.45, 2.75) is 25.7 Å². The molecule has 1 saturated carbocycles. The molecule has 1 heterocycles. The molecular weight excluding hydrogens is 182 g/mol. The van der Waals surface area contributed by atoms with Crippen LogP contribution < -0.4 is 5.32 Å². The van der Waals surface area contributed by atoms with Crippen molar-refractivity contribution in [3.05, 3.63) is 35.9 Å². The van der Waals surface area contributed by atoms with Crippen LogP contribution in [0.25, 0.3) is 0 Å². The van der Waals surface area contributed by atoms with E-state index >= 15 is 0 Å². The molecule has 1 nitrogen and oxygen atoms in total. The number of benzene rings is 1. The van der Waals surface area contributed by atoms with Gasteiger partial charge in [-0.1, -0.05) is 36.8 Å². The normalized spacial score (nSPS) is 27.9. The monoisotopic (exact) mass is 201 g/mol. The van der Waals surface area contributed by atoms with E-state index in [1.165, 1.54) is 44.3 Å². The summed E-state index contributed by atoms with van der Waals surface area (Å²) in [5.74, 6) is 0.883. The molecule has 80 valence electrons.